The van der Waals surface area contributed by atoms with Crippen LogP contribution >= 0.6 is 0 Å². The smallest absolute Gasteiger partial charge is 0.325 e. The molecule has 32 heavy (non-hydrogen) atoms. The van der Waals surface area contributed by atoms with E-state index in [0.717, 1.165) is 28.3 Å². The Morgan fingerprint density at radius 3 is 2.69 bits per heavy atom. The van der Waals surface area contributed by atoms with Crippen LogP contribution in [0.5, 0.6) is 5.75 Å². The van der Waals surface area contributed by atoms with E-state index in [1.807, 2.05) is 61.5 Å². The van der Waals surface area contributed by atoms with Crippen molar-refractivity contribution >= 4 is 5.97 Å². The summed E-state index contributed by atoms with van der Waals surface area (Å²) in [5.74, 6) is 1.98. The van der Waals surface area contributed by atoms with Crippen LogP contribution < -0.4 is 4.74 Å². The highest BCUT2D eigenvalue weighted by atomic mass is 16.5. The molecule has 2 aromatic carbocycles. The van der Waals surface area contributed by atoms with Crippen LogP contribution in [0.1, 0.15) is 17.0 Å². The van der Waals surface area contributed by atoms with Crippen molar-refractivity contribution in [1.29, 1.82) is 0 Å². The minimum atomic E-state index is -0.365. The predicted octanol–water partition coefficient (Wildman–Crippen LogP) is 3.65. The van der Waals surface area contributed by atoms with Gasteiger partial charge >= 0.3 is 5.97 Å². The molecule has 0 unspecified atom stereocenters. The second-order valence-corrected chi connectivity index (χ2v) is 7.71. The van der Waals surface area contributed by atoms with Crippen LogP contribution in [-0.2, 0) is 27.2 Å². The van der Waals surface area contributed by atoms with Crippen LogP contribution in [0, 0.1) is 6.92 Å². The Balaban J connectivity index is 1.30. The second kappa shape index (κ2) is 10.4. The van der Waals surface area contributed by atoms with Crippen molar-refractivity contribution in [3.05, 3.63) is 71.6 Å². The first-order valence-electron chi connectivity index (χ1n) is 10.8. The third-order valence-electron chi connectivity index (χ3n) is 5.54. The average Bonchev–Trinajstić information content (AvgIpc) is 3.21. The molecular weight excluding hydrogens is 408 g/mol. The molecule has 0 aliphatic carbocycles. The molecule has 0 bridgehead atoms. The van der Waals surface area contributed by atoms with Gasteiger partial charge in [-0.2, -0.15) is 0 Å². The monoisotopic (exact) mass is 436 g/mol. The van der Waals surface area contributed by atoms with E-state index in [-0.39, 0.29) is 12.0 Å². The Labute approximate surface area is 187 Å². The maximum Gasteiger partial charge on any atom is 0.325 e. The van der Waals surface area contributed by atoms with Gasteiger partial charge in [0.25, 0.3) is 0 Å². The Kier molecular flexibility index (Phi) is 7.19. The molecule has 1 atom stereocenters. The SMILES string of the molecule is COC(=O)[C@@H]1COCCN1Cc1ccc(OCCc2nc(-c3ccccc3)oc2C)cc1. The topological polar surface area (TPSA) is 74.0 Å². The van der Waals surface area contributed by atoms with Crippen molar-refractivity contribution < 1.29 is 23.4 Å². The van der Waals surface area contributed by atoms with Crippen LogP contribution in [0.3, 0.4) is 0 Å². The van der Waals surface area contributed by atoms with Gasteiger partial charge in [0.1, 0.15) is 17.6 Å². The molecule has 4 rings (SSSR count). The molecule has 0 radical (unpaired) electrons. The summed E-state index contributed by atoms with van der Waals surface area (Å²) in [6.07, 6.45) is 0.665. The summed E-state index contributed by atoms with van der Waals surface area (Å²) >= 11 is 0. The number of rotatable bonds is 8. The fraction of sp³-hybridized carbons (Fsp3) is 0.360. The summed E-state index contributed by atoms with van der Waals surface area (Å²) in [5, 5.41) is 0. The normalized spacial score (nSPS) is 16.6. The van der Waals surface area contributed by atoms with Crippen LogP contribution in [0.15, 0.2) is 59.0 Å². The van der Waals surface area contributed by atoms with Gasteiger partial charge in [-0.05, 0) is 36.8 Å². The summed E-state index contributed by atoms with van der Waals surface area (Å²) in [5.41, 5.74) is 2.97. The van der Waals surface area contributed by atoms with E-state index in [0.29, 0.717) is 45.2 Å². The molecule has 7 nitrogen and oxygen atoms in total. The molecule has 3 aromatic rings. The Hall–Kier alpha value is -3.16. The lowest BCUT2D eigenvalue weighted by Gasteiger charge is -2.33. The standard InChI is InChI=1S/C25H28N2O5/c1-18-22(26-24(32-18)20-6-4-3-5-7-20)12-14-31-21-10-8-19(9-11-21)16-27-13-15-30-17-23(27)25(28)29-2/h3-11,23H,12-17H2,1-2H3/t23-/m0/s1. The third-order valence-corrected chi connectivity index (χ3v) is 5.54. The molecule has 1 aliphatic rings. The number of aryl methyl sites for hydroxylation is 1. The first-order chi connectivity index (χ1) is 15.6. The number of esters is 1. The van der Waals surface area contributed by atoms with Gasteiger partial charge in [0.05, 0.1) is 32.6 Å². The van der Waals surface area contributed by atoms with E-state index in [1.54, 1.807) is 0 Å². The number of ether oxygens (including phenoxy) is 3. The zero-order valence-corrected chi connectivity index (χ0v) is 18.5. The van der Waals surface area contributed by atoms with Crippen molar-refractivity contribution in [3.8, 4) is 17.2 Å². The number of methoxy groups -OCH3 is 1. The van der Waals surface area contributed by atoms with Gasteiger partial charge in [-0.1, -0.05) is 30.3 Å². The number of carbonyl (C=O) groups excluding carboxylic acids is 1. The fourth-order valence-electron chi connectivity index (χ4n) is 3.74. The third kappa shape index (κ3) is 5.36. The molecule has 1 fully saturated rings. The quantitative estimate of drug-likeness (QED) is 0.499. The van der Waals surface area contributed by atoms with Gasteiger partial charge in [0.15, 0.2) is 0 Å². The van der Waals surface area contributed by atoms with Crippen LogP contribution in [0.25, 0.3) is 11.5 Å². The van der Waals surface area contributed by atoms with Crippen molar-refractivity contribution in [2.45, 2.75) is 25.9 Å². The molecule has 7 heteroatoms. The van der Waals surface area contributed by atoms with E-state index >= 15 is 0 Å². The Morgan fingerprint density at radius 2 is 1.94 bits per heavy atom. The molecule has 2 heterocycles. The Bertz CT molecular complexity index is 1020. The molecular formula is C25H28N2O5. The largest absolute Gasteiger partial charge is 0.493 e. The first kappa shape index (κ1) is 22.0. The number of morpholine rings is 1. The summed E-state index contributed by atoms with van der Waals surface area (Å²) in [6.45, 7) is 4.76. The lowest BCUT2D eigenvalue weighted by atomic mass is 10.1. The fourth-order valence-corrected chi connectivity index (χ4v) is 3.74. The Morgan fingerprint density at radius 1 is 1.16 bits per heavy atom. The van der Waals surface area contributed by atoms with E-state index in [4.69, 9.17) is 18.6 Å². The highest BCUT2D eigenvalue weighted by molar-refractivity contribution is 5.75. The van der Waals surface area contributed by atoms with Crippen molar-refractivity contribution in [3.63, 3.8) is 0 Å². The summed E-state index contributed by atoms with van der Waals surface area (Å²) in [6, 6.07) is 17.5. The average molecular weight is 437 g/mol. The number of hydrogen-bond donors (Lipinski definition) is 0. The first-order valence-corrected chi connectivity index (χ1v) is 10.8. The highest BCUT2D eigenvalue weighted by Gasteiger charge is 2.30. The van der Waals surface area contributed by atoms with Gasteiger partial charge in [-0.25, -0.2) is 4.98 Å². The van der Waals surface area contributed by atoms with E-state index in [2.05, 4.69) is 9.88 Å². The lowest BCUT2D eigenvalue weighted by Crippen LogP contribution is -2.49. The predicted molar refractivity (Wildman–Crippen MR) is 119 cm³/mol. The molecule has 0 amide bonds. The van der Waals surface area contributed by atoms with Gasteiger partial charge in [-0.15, -0.1) is 0 Å². The van der Waals surface area contributed by atoms with Crippen LogP contribution in [0.2, 0.25) is 0 Å². The highest BCUT2D eigenvalue weighted by Crippen LogP contribution is 2.22. The zero-order valence-electron chi connectivity index (χ0n) is 18.5. The number of carbonyl (C=O) groups is 1. The van der Waals surface area contributed by atoms with Crippen LogP contribution in [0.4, 0.5) is 0 Å². The summed E-state index contributed by atoms with van der Waals surface area (Å²) < 4.78 is 22.1. The summed E-state index contributed by atoms with van der Waals surface area (Å²) in [4.78, 5) is 18.7. The van der Waals surface area contributed by atoms with Gasteiger partial charge in [0.2, 0.25) is 5.89 Å². The molecule has 0 N–H and O–H groups in total. The van der Waals surface area contributed by atoms with E-state index < -0.39 is 0 Å². The number of aromatic nitrogens is 1. The number of hydrogen-bond acceptors (Lipinski definition) is 7. The minimum absolute atomic E-state index is 0.261. The summed E-state index contributed by atoms with van der Waals surface area (Å²) in [7, 11) is 1.41. The van der Waals surface area contributed by atoms with E-state index in [9.17, 15) is 4.79 Å². The number of benzene rings is 2. The van der Waals surface area contributed by atoms with Gasteiger partial charge in [-0.3, -0.25) is 9.69 Å². The maximum absolute atomic E-state index is 12.0. The van der Waals surface area contributed by atoms with Gasteiger partial charge in [0, 0.05) is 25.1 Å². The second-order valence-electron chi connectivity index (χ2n) is 7.71. The lowest BCUT2D eigenvalue weighted by molar-refractivity contribution is -0.153. The molecule has 0 spiro atoms. The maximum atomic E-state index is 12.0. The molecule has 168 valence electrons. The van der Waals surface area contributed by atoms with Gasteiger partial charge < -0.3 is 18.6 Å². The van der Waals surface area contributed by atoms with E-state index in [1.165, 1.54) is 7.11 Å². The molecule has 1 aliphatic heterocycles. The minimum Gasteiger partial charge on any atom is -0.493 e. The molecule has 1 saturated heterocycles. The number of nitrogens with zero attached hydrogens (tertiary/aromatic N) is 2. The number of oxazole rings is 1. The van der Waals surface area contributed by atoms with Crippen molar-refractivity contribution in [2.24, 2.45) is 0 Å². The molecule has 0 saturated carbocycles. The zero-order chi connectivity index (χ0) is 22.3. The molecule has 1 aromatic heterocycles. The van der Waals surface area contributed by atoms with Crippen molar-refractivity contribution in [1.82, 2.24) is 9.88 Å². The van der Waals surface area contributed by atoms with Crippen LogP contribution in [-0.4, -0.2) is 55.4 Å². The van der Waals surface area contributed by atoms with Crippen molar-refractivity contribution in [2.75, 3.05) is 33.5 Å².